The number of para-hydroxylation sites is 1. The van der Waals surface area contributed by atoms with Gasteiger partial charge in [-0.25, -0.2) is 14.4 Å². The highest BCUT2D eigenvalue weighted by atomic mass is 19.1. The fourth-order valence-corrected chi connectivity index (χ4v) is 3.85. The van der Waals surface area contributed by atoms with Crippen LogP contribution in [0, 0.1) is 11.7 Å². The lowest BCUT2D eigenvalue weighted by molar-refractivity contribution is 0.0740. The molecule has 28 heavy (non-hydrogen) atoms. The number of piperidine rings is 1. The monoisotopic (exact) mass is 383 g/mol. The first-order valence-corrected chi connectivity index (χ1v) is 9.97. The summed E-state index contributed by atoms with van der Waals surface area (Å²) in [6.07, 6.45) is 5.61. The standard InChI is InChI=1S/C21H26FN5O/c1-16-6-8-26(9-7-16)20-15-23-18(14-24-20)21(28)27-12-10-25(11-13-27)19-5-3-2-4-17(19)22/h2-5,14-16H,6-13H2,1H3. The summed E-state index contributed by atoms with van der Waals surface area (Å²) in [5, 5.41) is 0. The van der Waals surface area contributed by atoms with Gasteiger partial charge in [0.2, 0.25) is 0 Å². The van der Waals surface area contributed by atoms with E-state index >= 15 is 0 Å². The lowest BCUT2D eigenvalue weighted by atomic mass is 9.99. The Labute approximate surface area is 165 Å². The van der Waals surface area contributed by atoms with Crippen molar-refractivity contribution in [3.8, 4) is 0 Å². The van der Waals surface area contributed by atoms with E-state index in [1.165, 1.54) is 6.07 Å². The van der Waals surface area contributed by atoms with E-state index in [0.717, 1.165) is 37.7 Å². The predicted molar refractivity (Wildman–Crippen MR) is 107 cm³/mol. The highest BCUT2D eigenvalue weighted by molar-refractivity contribution is 5.92. The summed E-state index contributed by atoms with van der Waals surface area (Å²) in [7, 11) is 0. The molecule has 4 rings (SSSR count). The molecule has 0 aliphatic carbocycles. The molecule has 3 heterocycles. The number of amides is 1. The summed E-state index contributed by atoms with van der Waals surface area (Å²) in [6, 6.07) is 6.76. The van der Waals surface area contributed by atoms with Crippen molar-refractivity contribution in [3.05, 3.63) is 48.2 Å². The Morgan fingerprint density at radius 3 is 2.32 bits per heavy atom. The summed E-state index contributed by atoms with van der Waals surface area (Å²) in [4.78, 5) is 27.6. The molecule has 2 saturated heterocycles. The molecular weight excluding hydrogens is 357 g/mol. The van der Waals surface area contributed by atoms with E-state index in [-0.39, 0.29) is 11.7 Å². The fourth-order valence-electron chi connectivity index (χ4n) is 3.85. The average molecular weight is 383 g/mol. The minimum absolute atomic E-state index is 0.112. The topological polar surface area (TPSA) is 52.6 Å². The third-order valence-corrected chi connectivity index (χ3v) is 5.72. The number of piperazine rings is 1. The van der Waals surface area contributed by atoms with Gasteiger partial charge >= 0.3 is 0 Å². The first-order chi connectivity index (χ1) is 13.6. The second kappa shape index (κ2) is 8.12. The van der Waals surface area contributed by atoms with Crippen molar-refractivity contribution in [2.75, 3.05) is 49.1 Å². The minimum atomic E-state index is -0.226. The van der Waals surface area contributed by atoms with E-state index < -0.39 is 0 Å². The van der Waals surface area contributed by atoms with Gasteiger partial charge in [0.15, 0.2) is 0 Å². The van der Waals surface area contributed by atoms with Gasteiger partial charge in [0.25, 0.3) is 5.91 Å². The van der Waals surface area contributed by atoms with E-state index in [0.29, 0.717) is 37.6 Å². The molecule has 2 fully saturated rings. The average Bonchev–Trinajstić information content (AvgIpc) is 2.74. The molecule has 6 nitrogen and oxygen atoms in total. The smallest absolute Gasteiger partial charge is 0.274 e. The summed E-state index contributed by atoms with van der Waals surface area (Å²) < 4.78 is 14.0. The first kappa shape index (κ1) is 18.7. The molecule has 0 N–H and O–H groups in total. The van der Waals surface area contributed by atoms with Gasteiger partial charge in [0.05, 0.1) is 18.1 Å². The summed E-state index contributed by atoms with van der Waals surface area (Å²) >= 11 is 0. The van der Waals surface area contributed by atoms with E-state index in [1.807, 2.05) is 11.0 Å². The highest BCUT2D eigenvalue weighted by Gasteiger charge is 2.25. The SMILES string of the molecule is CC1CCN(c2cnc(C(=O)N3CCN(c4ccccc4F)CC3)cn2)CC1. The summed E-state index contributed by atoms with van der Waals surface area (Å²) in [5.41, 5.74) is 0.961. The molecule has 148 valence electrons. The highest BCUT2D eigenvalue weighted by Crippen LogP contribution is 2.22. The first-order valence-electron chi connectivity index (χ1n) is 9.97. The van der Waals surface area contributed by atoms with Gasteiger partial charge in [-0.2, -0.15) is 0 Å². The molecular formula is C21H26FN5O. The summed E-state index contributed by atoms with van der Waals surface area (Å²) in [5.74, 6) is 1.26. The normalized spacial score (nSPS) is 18.4. The van der Waals surface area contributed by atoms with Crippen molar-refractivity contribution in [1.82, 2.24) is 14.9 Å². The van der Waals surface area contributed by atoms with Crippen LogP contribution in [0.25, 0.3) is 0 Å². The van der Waals surface area contributed by atoms with Crippen LogP contribution in [0.1, 0.15) is 30.3 Å². The van der Waals surface area contributed by atoms with Crippen molar-refractivity contribution >= 4 is 17.4 Å². The molecule has 2 aromatic rings. The number of anilines is 2. The number of rotatable bonds is 3. The Morgan fingerprint density at radius 2 is 1.68 bits per heavy atom. The maximum atomic E-state index is 14.0. The Morgan fingerprint density at radius 1 is 0.964 bits per heavy atom. The number of carbonyl (C=O) groups excluding carboxylic acids is 1. The molecule has 2 aliphatic heterocycles. The second-order valence-corrected chi connectivity index (χ2v) is 7.66. The number of hydrogen-bond donors (Lipinski definition) is 0. The maximum absolute atomic E-state index is 14.0. The second-order valence-electron chi connectivity index (χ2n) is 7.66. The lowest BCUT2D eigenvalue weighted by Crippen LogP contribution is -2.49. The lowest BCUT2D eigenvalue weighted by Gasteiger charge is -2.36. The predicted octanol–water partition coefficient (Wildman–Crippen LogP) is 2.81. The third kappa shape index (κ3) is 3.93. The maximum Gasteiger partial charge on any atom is 0.274 e. The van der Waals surface area contributed by atoms with Crippen LogP contribution < -0.4 is 9.80 Å². The van der Waals surface area contributed by atoms with E-state index in [9.17, 15) is 9.18 Å². The van der Waals surface area contributed by atoms with Crippen molar-refractivity contribution in [3.63, 3.8) is 0 Å². The van der Waals surface area contributed by atoms with Crippen molar-refractivity contribution in [2.24, 2.45) is 5.92 Å². The van der Waals surface area contributed by atoms with Crippen molar-refractivity contribution in [1.29, 1.82) is 0 Å². The minimum Gasteiger partial charge on any atom is -0.366 e. The molecule has 1 aromatic heterocycles. The van der Waals surface area contributed by atoms with Crippen LogP contribution in [0.15, 0.2) is 36.7 Å². The van der Waals surface area contributed by atoms with Crippen LogP contribution in [0.5, 0.6) is 0 Å². The van der Waals surface area contributed by atoms with Crippen LogP contribution in [-0.4, -0.2) is 60.0 Å². The number of aromatic nitrogens is 2. The Hall–Kier alpha value is -2.70. The molecule has 0 unspecified atom stereocenters. The Balaban J connectivity index is 1.36. The van der Waals surface area contributed by atoms with Gasteiger partial charge in [0, 0.05) is 39.3 Å². The molecule has 0 spiro atoms. The van der Waals surface area contributed by atoms with Crippen molar-refractivity contribution in [2.45, 2.75) is 19.8 Å². The zero-order valence-electron chi connectivity index (χ0n) is 16.2. The fraction of sp³-hybridized carbons (Fsp3) is 0.476. The van der Waals surface area contributed by atoms with E-state index in [1.54, 1.807) is 29.4 Å². The summed E-state index contributed by atoms with van der Waals surface area (Å²) in [6.45, 7) is 6.54. The molecule has 0 bridgehead atoms. The number of nitrogens with zero attached hydrogens (tertiary/aromatic N) is 5. The van der Waals surface area contributed by atoms with Crippen LogP contribution in [0.3, 0.4) is 0 Å². The molecule has 7 heteroatoms. The number of halogens is 1. The van der Waals surface area contributed by atoms with Crippen LogP contribution in [0.2, 0.25) is 0 Å². The third-order valence-electron chi connectivity index (χ3n) is 5.72. The zero-order chi connectivity index (χ0) is 19.5. The van der Waals surface area contributed by atoms with E-state index in [2.05, 4.69) is 21.8 Å². The molecule has 2 aliphatic rings. The molecule has 1 aromatic carbocycles. The number of benzene rings is 1. The van der Waals surface area contributed by atoms with Gasteiger partial charge in [-0.1, -0.05) is 19.1 Å². The number of hydrogen-bond acceptors (Lipinski definition) is 5. The van der Waals surface area contributed by atoms with Gasteiger partial charge in [0.1, 0.15) is 17.3 Å². The molecule has 1 amide bonds. The van der Waals surface area contributed by atoms with Crippen LogP contribution >= 0.6 is 0 Å². The van der Waals surface area contributed by atoms with Crippen LogP contribution in [0.4, 0.5) is 15.9 Å². The Kier molecular flexibility index (Phi) is 5.41. The Bertz CT molecular complexity index is 812. The van der Waals surface area contributed by atoms with E-state index in [4.69, 9.17) is 0 Å². The van der Waals surface area contributed by atoms with Crippen LogP contribution in [-0.2, 0) is 0 Å². The van der Waals surface area contributed by atoms with Crippen molar-refractivity contribution < 1.29 is 9.18 Å². The van der Waals surface area contributed by atoms with Gasteiger partial charge in [-0.05, 0) is 30.9 Å². The largest absolute Gasteiger partial charge is 0.366 e. The number of carbonyl (C=O) groups is 1. The molecule has 0 atom stereocenters. The van der Waals surface area contributed by atoms with Gasteiger partial charge < -0.3 is 14.7 Å². The van der Waals surface area contributed by atoms with Gasteiger partial charge in [-0.3, -0.25) is 4.79 Å². The molecule has 0 saturated carbocycles. The van der Waals surface area contributed by atoms with Gasteiger partial charge in [-0.15, -0.1) is 0 Å². The zero-order valence-corrected chi connectivity index (χ0v) is 16.2. The quantitative estimate of drug-likeness (QED) is 0.816. The molecule has 0 radical (unpaired) electrons.